The van der Waals surface area contributed by atoms with Crippen LogP contribution in [-0.2, 0) is 19.1 Å². The highest BCUT2D eigenvalue weighted by atomic mass is 79.9. The molecule has 1 aliphatic heterocycles. The molecule has 3 N–H and O–H groups in total. The van der Waals surface area contributed by atoms with Gasteiger partial charge in [-0.1, -0.05) is 15.9 Å². The van der Waals surface area contributed by atoms with Crippen LogP contribution >= 0.6 is 15.9 Å². The molecule has 0 fully saturated rings. The van der Waals surface area contributed by atoms with Crippen LogP contribution in [-0.4, -0.2) is 70.6 Å². The Hall–Kier alpha value is -4.08. The van der Waals surface area contributed by atoms with Crippen LogP contribution in [0.5, 0.6) is 0 Å². The summed E-state index contributed by atoms with van der Waals surface area (Å²) in [6, 6.07) is 7.91. The van der Waals surface area contributed by atoms with Gasteiger partial charge >= 0.3 is 6.18 Å². The zero-order chi connectivity index (χ0) is 31.9. The first-order chi connectivity index (χ1) is 20.8. The highest BCUT2D eigenvalue weighted by Crippen LogP contribution is 2.36. The Labute approximate surface area is 258 Å². The van der Waals surface area contributed by atoms with Gasteiger partial charge in [0, 0.05) is 33.9 Å². The van der Waals surface area contributed by atoms with Gasteiger partial charge in [0.25, 0.3) is 11.5 Å². The number of aliphatic hydroxyl groups is 2. The molecule has 3 aromatic heterocycles. The summed E-state index contributed by atoms with van der Waals surface area (Å²) in [6.45, 7) is 4.90. The van der Waals surface area contributed by atoms with Crippen molar-refractivity contribution in [1.29, 1.82) is 0 Å². The molecule has 4 aromatic rings. The number of aliphatic hydroxyl groups excluding tert-OH is 2. The third-order valence-electron chi connectivity index (χ3n) is 7.31. The number of hydrogen-bond donors (Lipinski definition) is 3. The van der Waals surface area contributed by atoms with Gasteiger partial charge in [-0.15, -0.1) is 0 Å². The highest BCUT2D eigenvalue weighted by molar-refractivity contribution is 9.10. The number of anilines is 1. The highest BCUT2D eigenvalue weighted by Gasteiger charge is 2.36. The maximum Gasteiger partial charge on any atom is 0.417 e. The van der Waals surface area contributed by atoms with E-state index in [0.717, 1.165) is 6.07 Å². The van der Waals surface area contributed by atoms with E-state index < -0.39 is 42.0 Å². The standard InChI is InChI=1S/C29H29BrF3N7O4/c1-15-8-17(3)40(37-15)28-36-24-13-38(26(43)18-4-6-23(30)22(10-18)29(31,32)33)16(2)9-21(24)27(44)39(28)19-5-7-25(34-11-19)35-12-20(42)14-41/h4-8,10-11,16,20,41-42H,9,12-14H2,1-3H3,(H,34,35)/t16-,20-/m1/s1. The summed E-state index contributed by atoms with van der Waals surface area (Å²) < 4.78 is 43.3. The van der Waals surface area contributed by atoms with Crippen molar-refractivity contribution in [2.45, 2.75) is 52.1 Å². The smallest absolute Gasteiger partial charge is 0.394 e. The predicted molar refractivity (Wildman–Crippen MR) is 158 cm³/mol. The fourth-order valence-electron chi connectivity index (χ4n) is 5.08. The number of aromatic nitrogens is 5. The molecule has 232 valence electrons. The number of halogens is 4. The van der Waals surface area contributed by atoms with Crippen LogP contribution in [0.4, 0.5) is 19.0 Å². The summed E-state index contributed by atoms with van der Waals surface area (Å²) in [5.41, 5.74) is 0.972. The SMILES string of the molecule is Cc1cc(C)n(-c2nc3c(c(=O)n2-c2ccc(NC[C@@H](O)CO)nc2)C[C@@H](C)N(C(=O)c2ccc(Br)c(C(F)(F)F)c2)C3)n1. The van der Waals surface area contributed by atoms with Crippen molar-refractivity contribution in [3.8, 4) is 11.6 Å². The molecule has 0 aliphatic carbocycles. The monoisotopic (exact) mass is 675 g/mol. The maximum absolute atomic E-state index is 14.1. The van der Waals surface area contributed by atoms with Gasteiger partial charge in [-0.05, 0) is 63.6 Å². The first-order valence-electron chi connectivity index (χ1n) is 13.6. The number of nitrogens with zero attached hydrogens (tertiary/aromatic N) is 6. The molecule has 0 radical (unpaired) electrons. The van der Waals surface area contributed by atoms with Crippen molar-refractivity contribution >= 4 is 27.7 Å². The van der Waals surface area contributed by atoms with E-state index in [2.05, 4.69) is 31.3 Å². The zero-order valence-electron chi connectivity index (χ0n) is 23.9. The first-order valence-corrected chi connectivity index (χ1v) is 14.4. The van der Waals surface area contributed by atoms with Gasteiger partial charge in [0.05, 0.1) is 48.1 Å². The molecule has 1 amide bonds. The van der Waals surface area contributed by atoms with Crippen molar-refractivity contribution in [2.24, 2.45) is 0 Å². The largest absolute Gasteiger partial charge is 0.417 e. The minimum atomic E-state index is -4.65. The van der Waals surface area contributed by atoms with Gasteiger partial charge in [0.15, 0.2) is 0 Å². The van der Waals surface area contributed by atoms with Crippen LogP contribution < -0.4 is 10.9 Å². The lowest BCUT2D eigenvalue weighted by Gasteiger charge is -2.34. The number of benzene rings is 1. The first kappa shape index (κ1) is 31.3. The maximum atomic E-state index is 14.1. The van der Waals surface area contributed by atoms with Gasteiger partial charge in [0.2, 0.25) is 5.95 Å². The summed E-state index contributed by atoms with van der Waals surface area (Å²) in [5.74, 6) is -0.0433. The van der Waals surface area contributed by atoms with Crippen molar-refractivity contribution < 1.29 is 28.2 Å². The summed E-state index contributed by atoms with van der Waals surface area (Å²) in [4.78, 5) is 38.2. The van der Waals surface area contributed by atoms with Gasteiger partial charge in [-0.25, -0.2) is 19.2 Å². The van der Waals surface area contributed by atoms with E-state index in [4.69, 9.17) is 10.1 Å². The number of amides is 1. The van der Waals surface area contributed by atoms with E-state index in [1.165, 1.54) is 32.5 Å². The Morgan fingerprint density at radius 3 is 2.57 bits per heavy atom. The summed E-state index contributed by atoms with van der Waals surface area (Å²) in [6.07, 6.45) is -4.03. The van der Waals surface area contributed by atoms with Gasteiger partial charge in [-0.3, -0.25) is 9.59 Å². The zero-order valence-corrected chi connectivity index (χ0v) is 25.5. The van der Waals surface area contributed by atoms with Gasteiger partial charge < -0.3 is 20.4 Å². The normalized spacial score (nSPS) is 15.7. The minimum Gasteiger partial charge on any atom is -0.394 e. The molecule has 1 aliphatic rings. The lowest BCUT2D eigenvalue weighted by molar-refractivity contribution is -0.138. The molecule has 0 spiro atoms. The number of fused-ring (bicyclic) bond motifs is 1. The molecule has 5 rings (SSSR count). The Kier molecular flexibility index (Phi) is 8.64. The number of nitrogens with one attached hydrogen (secondary N) is 1. The molecule has 0 bridgehead atoms. The number of carbonyl (C=O) groups is 1. The second-order valence-corrected chi connectivity index (χ2v) is 11.5. The van der Waals surface area contributed by atoms with Crippen LogP contribution in [0.15, 0.2) is 51.9 Å². The molecule has 2 atom stereocenters. The number of alkyl halides is 3. The second kappa shape index (κ2) is 12.1. The van der Waals surface area contributed by atoms with Gasteiger partial charge in [-0.2, -0.15) is 18.3 Å². The van der Waals surface area contributed by atoms with Crippen molar-refractivity contribution in [2.75, 3.05) is 18.5 Å². The number of aryl methyl sites for hydroxylation is 2. The van der Waals surface area contributed by atoms with Crippen LogP contribution in [0.2, 0.25) is 0 Å². The second-order valence-electron chi connectivity index (χ2n) is 10.6. The molecule has 0 unspecified atom stereocenters. The topological polar surface area (TPSA) is 138 Å². The van der Waals surface area contributed by atoms with Gasteiger partial charge in [0.1, 0.15) is 5.82 Å². The van der Waals surface area contributed by atoms with Crippen LogP contribution in [0.25, 0.3) is 11.6 Å². The quantitative estimate of drug-likeness (QED) is 0.270. The molecule has 44 heavy (non-hydrogen) atoms. The average Bonchev–Trinajstić information content (AvgIpc) is 3.32. The number of hydrogen-bond acceptors (Lipinski definition) is 8. The Bertz CT molecular complexity index is 1770. The summed E-state index contributed by atoms with van der Waals surface area (Å²) in [5, 5.41) is 26.1. The fraction of sp³-hybridized carbons (Fsp3) is 0.345. The number of rotatable bonds is 7. The molecule has 0 saturated heterocycles. The Balaban J connectivity index is 1.56. The van der Waals surface area contributed by atoms with E-state index in [9.17, 15) is 27.9 Å². The lowest BCUT2D eigenvalue weighted by atomic mass is 9.98. The van der Waals surface area contributed by atoms with E-state index in [1.54, 1.807) is 32.9 Å². The van der Waals surface area contributed by atoms with E-state index >= 15 is 0 Å². The minimum absolute atomic E-state index is 0.0745. The molecular weight excluding hydrogens is 647 g/mol. The lowest BCUT2D eigenvalue weighted by Crippen LogP contribution is -2.46. The number of carbonyl (C=O) groups excluding carboxylic acids is 1. The van der Waals surface area contributed by atoms with Crippen LogP contribution in [0, 0.1) is 13.8 Å². The molecule has 11 nitrogen and oxygen atoms in total. The van der Waals surface area contributed by atoms with Crippen LogP contribution in [0.3, 0.4) is 0 Å². The predicted octanol–water partition coefficient (Wildman–Crippen LogP) is 3.56. The van der Waals surface area contributed by atoms with Crippen molar-refractivity contribution in [1.82, 2.24) is 29.2 Å². The third kappa shape index (κ3) is 6.12. The molecule has 1 aromatic carbocycles. The van der Waals surface area contributed by atoms with E-state index in [-0.39, 0.29) is 35.5 Å². The Morgan fingerprint density at radius 1 is 1.20 bits per heavy atom. The third-order valence-corrected chi connectivity index (χ3v) is 8.00. The number of pyridine rings is 1. The fourth-order valence-corrected chi connectivity index (χ4v) is 5.55. The summed E-state index contributed by atoms with van der Waals surface area (Å²) in [7, 11) is 0. The van der Waals surface area contributed by atoms with E-state index in [1.807, 2.05) is 6.07 Å². The molecule has 4 heterocycles. The molecular formula is C29H29BrF3N7O4. The molecule has 0 saturated carbocycles. The summed E-state index contributed by atoms with van der Waals surface area (Å²) >= 11 is 2.91. The van der Waals surface area contributed by atoms with Crippen molar-refractivity contribution in [3.63, 3.8) is 0 Å². The van der Waals surface area contributed by atoms with Crippen molar-refractivity contribution in [3.05, 3.63) is 91.2 Å². The molecule has 15 heteroatoms. The average molecular weight is 676 g/mol. The Morgan fingerprint density at radius 2 is 1.95 bits per heavy atom. The van der Waals surface area contributed by atoms with E-state index in [0.29, 0.717) is 34.2 Å². The van der Waals surface area contributed by atoms with Crippen LogP contribution in [0.1, 0.15) is 45.5 Å².